The molecule has 1 aromatic carbocycles. The van der Waals surface area contributed by atoms with Gasteiger partial charge < -0.3 is 80.4 Å². The molecule has 0 saturated carbocycles. The Hall–Kier alpha value is -8.96. The van der Waals surface area contributed by atoms with Gasteiger partial charge in [-0.2, -0.15) is 0 Å². The number of nitrogens with two attached hydrogens (primary N) is 3. The number of halogens is 1. The van der Waals surface area contributed by atoms with Crippen molar-refractivity contribution in [1.29, 1.82) is 0 Å². The van der Waals surface area contributed by atoms with Crippen molar-refractivity contribution in [2.45, 2.75) is 179 Å². The zero-order valence-electron chi connectivity index (χ0n) is 50.0. The molecule has 0 spiro atoms. The molecule has 0 bridgehead atoms. The normalized spacial score (nSPS) is 20.3. The van der Waals surface area contributed by atoms with Gasteiger partial charge >= 0.3 is 5.97 Å². The monoisotopic (exact) mass is 1250 g/mol. The highest BCUT2D eigenvalue weighted by molar-refractivity contribution is 6.30. The Morgan fingerprint density at radius 2 is 1.38 bits per heavy atom. The predicted molar refractivity (Wildman–Crippen MR) is 319 cm³/mol. The Morgan fingerprint density at radius 3 is 1.97 bits per heavy atom. The molecule has 3 heterocycles. The summed E-state index contributed by atoms with van der Waals surface area (Å²) in [5.41, 5.74) is 17.4. The van der Waals surface area contributed by atoms with Crippen LogP contribution in [0.25, 0.3) is 0 Å². The van der Waals surface area contributed by atoms with Gasteiger partial charge in [-0.25, -0.2) is 0 Å². The van der Waals surface area contributed by atoms with Gasteiger partial charge in [0.05, 0.1) is 6.42 Å². The number of hydrogen-bond acceptors (Lipinski definition) is 15. The molecule has 0 radical (unpaired) electrons. The molecule has 10 atom stereocenters. The van der Waals surface area contributed by atoms with Gasteiger partial charge in [-0.3, -0.25) is 72.3 Å². The number of aliphatic carboxylic acids is 1. The highest BCUT2D eigenvalue weighted by atomic mass is 35.5. The van der Waals surface area contributed by atoms with E-state index in [1.807, 2.05) is 0 Å². The first-order valence-electron chi connectivity index (χ1n) is 29.1. The third-order valence-corrected chi connectivity index (χ3v) is 14.6. The number of carbonyl (C=O) groups excluding carboxylic acids is 12. The van der Waals surface area contributed by atoms with E-state index >= 15 is 0 Å². The van der Waals surface area contributed by atoms with Crippen LogP contribution in [0.3, 0.4) is 0 Å². The van der Waals surface area contributed by atoms with Crippen LogP contribution in [0.5, 0.6) is 0 Å². The molecular weight excluding hydrogens is 1170 g/mol. The highest BCUT2D eigenvalue weighted by Crippen LogP contribution is 2.21. The van der Waals surface area contributed by atoms with E-state index in [4.69, 9.17) is 28.8 Å². The van der Waals surface area contributed by atoms with E-state index in [0.29, 0.717) is 22.6 Å². The first-order valence-corrected chi connectivity index (χ1v) is 29.5. The maximum absolute atomic E-state index is 14.5. The standard InChI is InChI=1S/C57H83ClN16O14/c1-6-36(66-32(5)75)48(80)71-41(26-33-15-17-35(58)18-16-33)52(84)72-42(27-34-11-7-21-62-29-34)53(85)73-43(28-46(77)78)54(86)68-38-19-20-45(76)63-22-9-13-39(56(88)74-24-10-14-44(74)55(87)65-31(4)47(59)79)69-51(83)40(25-30(2)3)70-49(81)37(67-50(38)82)12-8-23-64-57(60)61/h7,11,15-18,21,29-31,36-44H,6,8-10,12-14,19-20,22-28H2,1-5H3,(H2,59,79)(H,63,76)(H,65,87)(H,66,75)(H,67,82)(H,68,86)(H,69,83)(H,70,81)(H,71,80)(H,72,84)(H,73,85)(H,77,78)(H4,60,61,64)/t31-,36-,37+,38+,39?,40-,41-,42-,43-,44-/m0/s1. The van der Waals surface area contributed by atoms with Gasteiger partial charge in [-0.1, -0.05) is 50.6 Å². The van der Waals surface area contributed by atoms with E-state index in [1.54, 1.807) is 57.2 Å². The second kappa shape index (κ2) is 35.6. The molecule has 17 N–H and O–H groups in total. The lowest BCUT2D eigenvalue weighted by atomic mass is 10.0. The van der Waals surface area contributed by atoms with Gasteiger partial charge in [0.25, 0.3) is 0 Å². The molecule has 12 amide bonds. The molecule has 1 unspecified atom stereocenters. The van der Waals surface area contributed by atoms with Crippen LogP contribution in [-0.4, -0.2) is 178 Å². The lowest BCUT2D eigenvalue weighted by Crippen LogP contribution is -2.61. The van der Waals surface area contributed by atoms with E-state index < -0.39 is 157 Å². The van der Waals surface area contributed by atoms with Crippen LogP contribution in [-0.2, 0) is 75.2 Å². The minimum Gasteiger partial charge on any atom is -0.481 e. The zero-order chi connectivity index (χ0) is 65.2. The van der Waals surface area contributed by atoms with Gasteiger partial charge in [-0.15, -0.1) is 0 Å². The molecule has 1 aromatic heterocycles. The summed E-state index contributed by atoms with van der Waals surface area (Å²) in [7, 11) is 0. The smallest absolute Gasteiger partial charge is 0.305 e. The third-order valence-electron chi connectivity index (χ3n) is 14.3. The number of carboxylic acid groups (broad SMARTS) is 1. The molecule has 482 valence electrons. The summed E-state index contributed by atoms with van der Waals surface area (Å²) in [5, 5.41) is 36.3. The predicted octanol–water partition coefficient (Wildman–Crippen LogP) is -2.93. The maximum atomic E-state index is 14.5. The van der Waals surface area contributed by atoms with Crippen molar-refractivity contribution in [3.05, 3.63) is 64.9 Å². The topological polar surface area (TPSA) is 469 Å². The largest absolute Gasteiger partial charge is 0.481 e. The van der Waals surface area contributed by atoms with Crippen molar-refractivity contribution in [1.82, 2.24) is 63.1 Å². The number of aromatic nitrogens is 1. The van der Waals surface area contributed by atoms with Crippen LogP contribution in [0.2, 0.25) is 5.02 Å². The molecule has 2 aromatic rings. The maximum Gasteiger partial charge on any atom is 0.305 e. The first kappa shape index (κ1) is 71.5. The number of amides is 12. The van der Waals surface area contributed by atoms with Crippen molar-refractivity contribution < 1.29 is 67.4 Å². The molecule has 0 aliphatic carbocycles. The molecule has 4 rings (SSSR count). The molecule has 2 aliphatic heterocycles. The summed E-state index contributed by atoms with van der Waals surface area (Å²) in [6.45, 7) is 7.80. The van der Waals surface area contributed by atoms with Crippen molar-refractivity contribution in [2.75, 3.05) is 19.6 Å². The molecule has 2 fully saturated rings. The Morgan fingerprint density at radius 1 is 0.750 bits per heavy atom. The molecular formula is C57H83ClN16O14. The van der Waals surface area contributed by atoms with Crippen LogP contribution in [0.4, 0.5) is 0 Å². The second-order valence-electron chi connectivity index (χ2n) is 22.0. The summed E-state index contributed by atoms with van der Waals surface area (Å²) < 4.78 is 0. The fraction of sp³-hybridized carbons (Fsp3) is 0.561. The van der Waals surface area contributed by atoms with E-state index in [9.17, 15) is 67.4 Å². The zero-order valence-corrected chi connectivity index (χ0v) is 50.7. The minimum atomic E-state index is -1.98. The first-order chi connectivity index (χ1) is 41.6. The number of primary amides is 1. The molecule has 2 saturated heterocycles. The number of likely N-dealkylation sites (tertiary alicyclic amines) is 1. The summed E-state index contributed by atoms with van der Waals surface area (Å²) in [5.74, 6) is -12.1. The Balaban J connectivity index is 1.69. The molecule has 88 heavy (non-hydrogen) atoms. The number of carbonyl (C=O) groups is 13. The van der Waals surface area contributed by atoms with Gasteiger partial charge in [0, 0.05) is 63.2 Å². The molecule has 31 heteroatoms. The summed E-state index contributed by atoms with van der Waals surface area (Å²) in [4.78, 5) is 187. The van der Waals surface area contributed by atoms with Crippen LogP contribution in [0.15, 0.2) is 53.8 Å². The SMILES string of the molecule is CC[C@H](NC(C)=O)C(=O)N[C@@H](Cc1ccc(Cl)cc1)C(=O)N[C@@H](Cc1cccnc1)C(=O)N[C@@H](CC(=O)O)C(=O)N[C@@H]1CCC(=O)NCCCC(C(=O)N2CCC[C@H]2C(=O)N[C@@H](C)C(N)=O)NC(=O)[C@H](CC(C)C)NC(=O)[C@@H](CCCN=C(N)N)NC1=O. The van der Waals surface area contributed by atoms with E-state index in [-0.39, 0.29) is 89.3 Å². The van der Waals surface area contributed by atoms with Gasteiger partial charge in [0.15, 0.2) is 5.96 Å². The number of nitrogens with one attached hydrogen (secondary N) is 10. The Kier molecular flexibility index (Phi) is 28.9. The Bertz CT molecular complexity index is 2840. The van der Waals surface area contributed by atoms with Crippen LogP contribution in [0.1, 0.15) is 116 Å². The second-order valence-corrected chi connectivity index (χ2v) is 22.5. The van der Waals surface area contributed by atoms with Crippen molar-refractivity contribution in [3.63, 3.8) is 0 Å². The quantitative estimate of drug-likeness (QED) is 0.0255. The van der Waals surface area contributed by atoms with Crippen molar-refractivity contribution in [3.8, 4) is 0 Å². The van der Waals surface area contributed by atoms with E-state index in [1.165, 1.54) is 31.1 Å². The lowest BCUT2D eigenvalue weighted by Gasteiger charge is -2.31. The summed E-state index contributed by atoms with van der Waals surface area (Å²) in [6.07, 6.45) is 1.05. The fourth-order valence-electron chi connectivity index (χ4n) is 9.70. The number of guanidine groups is 1. The fourth-order valence-corrected chi connectivity index (χ4v) is 9.83. The van der Waals surface area contributed by atoms with Gasteiger partial charge in [-0.05, 0) is 100.0 Å². The number of pyridine rings is 1. The number of nitrogens with zero attached hydrogens (tertiary/aromatic N) is 3. The average molecular weight is 1250 g/mol. The van der Waals surface area contributed by atoms with Crippen LogP contribution in [0, 0.1) is 5.92 Å². The lowest BCUT2D eigenvalue weighted by molar-refractivity contribution is -0.142. The number of benzene rings is 1. The average Bonchev–Trinajstić information content (AvgIpc) is 4.20. The van der Waals surface area contributed by atoms with Crippen LogP contribution < -0.4 is 70.4 Å². The minimum absolute atomic E-state index is 0.0188. The third kappa shape index (κ3) is 24.1. The molecule has 30 nitrogen and oxygen atoms in total. The number of rotatable bonds is 26. The van der Waals surface area contributed by atoms with Crippen LogP contribution >= 0.6 is 11.6 Å². The molecule has 2 aliphatic rings. The highest BCUT2D eigenvalue weighted by Gasteiger charge is 2.40. The number of hydrogen-bond donors (Lipinski definition) is 14. The van der Waals surface area contributed by atoms with Gasteiger partial charge in [0.1, 0.15) is 60.4 Å². The summed E-state index contributed by atoms with van der Waals surface area (Å²) in [6, 6.07) is -4.47. The van der Waals surface area contributed by atoms with Crippen molar-refractivity contribution >= 4 is 94.4 Å². The number of carboxylic acids is 1. The summed E-state index contributed by atoms with van der Waals surface area (Å²) >= 11 is 6.12. The van der Waals surface area contributed by atoms with E-state index in [2.05, 4.69) is 63.1 Å². The Labute approximate surface area is 514 Å². The van der Waals surface area contributed by atoms with E-state index in [0.717, 1.165) is 0 Å². The number of aliphatic imine (C=N–C) groups is 1. The van der Waals surface area contributed by atoms with Gasteiger partial charge in [0.2, 0.25) is 70.9 Å². The van der Waals surface area contributed by atoms with Crippen molar-refractivity contribution in [2.24, 2.45) is 28.1 Å².